The van der Waals surface area contributed by atoms with Crippen molar-refractivity contribution < 1.29 is 19.2 Å². The third-order valence-electron chi connectivity index (χ3n) is 3.94. The van der Waals surface area contributed by atoms with E-state index >= 15 is 0 Å². The molecule has 0 aliphatic heterocycles. The van der Waals surface area contributed by atoms with Crippen LogP contribution in [0.4, 0.5) is 11.4 Å². The lowest BCUT2D eigenvalue weighted by Gasteiger charge is -2.18. The number of carbonyl (C=O) groups excluding carboxylic acids is 2. The number of amides is 1. The van der Waals surface area contributed by atoms with Crippen LogP contribution in [-0.4, -0.2) is 21.8 Å². The highest BCUT2D eigenvalue weighted by Gasteiger charge is 2.26. The summed E-state index contributed by atoms with van der Waals surface area (Å²) < 4.78 is 5.42. The minimum absolute atomic E-state index is 0.0707. The molecule has 30 heavy (non-hydrogen) atoms. The molecule has 0 bridgehead atoms. The van der Waals surface area contributed by atoms with E-state index in [0.717, 1.165) is 6.07 Å². The number of aromatic nitrogens is 1. The molecular weight excluding hydrogens is 433 g/mol. The van der Waals surface area contributed by atoms with Gasteiger partial charge in [0.25, 0.3) is 11.6 Å². The predicted octanol–water partition coefficient (Wildman–Crippen LogP) is 4.83. The Kier molecular flexibility index (Phi) is 6.61. The lowest BCUT2D eigenvalue weighted by molar-refractivity contribution is -0.384. The van der Waals surface area contributed by atoms with E-state index in [1.165, 1.54) is 30.5 Å². The van der Waals surface area contributed by atoms with E-state index in [2.05, 4.69) is 10.3 Å². The van der Waals surface area contributed by atoms with E-state index in [1.807, 2.05) is 0 Å². The molecule has 0 spiro atoms. The summed E-state index contributed by atoms with van der Waals surface area (Å²) in [6.07, 6.45) is 0.0176. The summed E-state index contributed by atoms with van der Waals surface area (Å²) in [4.78, 5) is 39.6. The van der Waals surface area contributed by atoms with E-state index in [4.69, 9.17) is 27.9 Å². The van der Waals surface area contributed by atoms with Gasteiger partial charge in [0.05, 0.1) is 10.5 Å². The van der Waals surface area contributed by atoms with Gasteiger partial charge in [0.2, 0.25) is 6.10 Å². The van der Waals surface area contributed by atoms with Crippen molar-refractivity contribution >= 4 is 46.5 Å². The number of nitrogens with zero attached hydrogens (tertiary/aromatic N) is 2. The summed E-state index contributed by atoms with van der Waals surface area (Å²) in [7, 11) is 0. The maximum Gasteiger partial charge on any atom is 0.339 e. The van der Waals surface area contributed by atoms with Crippen LogP contribution in [0.5, 0.6) is 0 Å². The minimum atomic E-state index is -1.32. The highest BCUT2D eigenvalue weighted by Crippen LogP contribution is 2.28. The summed E-state index contributed by atoms with van der Waals surface area (Å²) in [5, 5.41) is 13.6. The van der Waals surface area contributed by atoms with Crippen LogP contribution >= 0.6 is 23.2 Å². The first-order valence-electron chi connectivity index (χ1n) is 8.47. The van der Waals surface area contributed by atoms with Crippen molar-refractivity contribution in [2.75, 3.05) is 5.32 Å². The molecule has 0 aliphatic rings. The lowest BCUT2D eigenvalue weighted by Crippen LogP contribution is -2.26. The summed E-state index contributed by atoms with van der Waals surface area (Å²) in [6.45, 7) is 0. The number of benzene rings is 2. The van der Waals surface area contributed by atoms with Crippen molar-refractivity contribution in [3.05, 3.63) is 98.3 Å². The third kappa shape index (κ3) is 5.11. The number of nitro benzene ring substituents is 1. The van der Waals surface area contributed by atoms with Gasteiger partial charge in [-0.3, -0.25) is 14.9 Å². The summed E-state index contributed by atoms with van der Waals surface area (Å²) in [5.74, 6) is -1.49. The van der Waals surface area contributed by atoms with E-state index in [0.29, 0.717) is 5.56 Å². The Balaban J connectivity index is 1.87. The molecule has 0 saturated heterocycles. The van der Waals surface area contributed by atoms with Crippen molar-refractivity contribution in [2.45, 2.75) is 6.10 Å². The molecule has 152 valence electrons. The molecule has 0 saturated carbocycles. The number of nitrogens with one attached hydrogen (secondary N) is 1. The Morgan fingerprint density at radius 3 is 2.47 bits per heavy atom. The maximum absolute atomic E-state index is 12.9. The SMILES string of the molecule is O=C(OC(C(=O)Nc1ccc(Cl)c([N+](=O)[O-])c1)c1ccccc1)c1ccnc(Cl)c1. The van der Waals surface area contributed by atoms with Gasteiger partial charge in [-0.1, -0.05) is 53.5 Å². The van der Waals surface area contributed by atoms with Crippen LogP contribution in [0.3, 0.4) is 0 Å². The molecule has 1 heterocycles. The molecule has 1 aromatic heterocycles. The summed E-state index contributed by atoms with van der Waals surface area (Å²) >= 11 is 11.6. The van der Waals surface area contributed by atoms with Crippen molar-refractivity contribution in [1.82, 2.24) is 4.98 Å². The molecule has 3 rings (SSSR count). The van der Waals surface area contributed by atoms with Gasteiger partial charge in [-0.2, -0.15) is 0 Å². The predicted molar refractivity (Wildman–Crippen MR) is 111 cm³/mol. The smallest absolute Gasteiger partial charge is 0.339 e. The Labute approximate surface area is 180 Å². The van der Waals surface area contributed by atoms with Gasteiger partial charge in [-0.15, -0.1) is 0 Å². The van der Waals surface area contributed by atoms with Crippen molar-refractivity contribution in [1.29, 1.82) is 0 Å². The van der Waals surface area contributed by atoms with E-state index in [1.54, 1.807) is 30.3 Å². The molecule has 1 unspecified atom stereocenters. The van der Waals surface area contributed by atoms with Crippen LogP contribution in [0.25, 0.3) is 0 Å². The molecular formula is C20H13Cl2N3O5. The monoisotopic (exact) mass is 445 g/mol. The van der Waals surface area contributed by atoms with Crippen LogP contribution < -0.4 is 5.32 Å². The second kappa shape index (κ2) is 9.34. The normalized spacial score (nSPS) is 11.4. The number of esters is 1. The molecule has 1 N–H and O–H groups in total. The Bertz CT molecular complexity index is 1110. The second-order valence-electron chi connectivity index (χ2n) is 5.98. The molecule has 0 fully saturated rings. The topological polar surface area (TPSA) is 111 Å². The summed E-state index contributed by atoms with van der Waals surface area (Å²) in [6, 6.07) is 14.8. The molecule has 1 amide bonds. The molecule has 3 aromatic rings. The number of ether oxygens (including phenoxy) is 1. The van der Waals surface area contributed by atoms with Gasteiger partial charge in [-0.25, -0.2) is 9.78 Å². The van der Waals surface area contributed by atoms with Crippen molar-refractivity contribution in [3.63, 3.8) is 0 Å². The highest BCUT2D eigenvalue weighted by atomic mass is 35.5. The number of anilines is 1. The van der Waals surface area contributed by atoms with E-state index < -0.39 is 22.9 Å². The van der Waals surface area contributed by atoms with E-state index in [9.17, 15) is 19.7 Å². The third-order valence-corrected chi connectivity index (χ3v) is 4.46. The molecule has 0 radical (unpaired) electrons. The number of carbonyl (C=O) groups is 2. The maximum atomic E-state index is 12.9. The van der Waals surface area contributed by atoms with Gasteiger partial charge in [0.15, 0.2) is 0 Å². The summed E-state index contributed by atoms with van der Waals surface area (Å²) in [5.41, 5.74) is 0.284. The Hall–Kier alpha value is -3.49. The van der Waals surface area contributed by atoms with Crippen LogP contribution in [0.2, 0.25) is 10.2 Å². The van der Waals surface area contributed by atoms with Crippen molar-refractivity contribution in [3.8, 4) is 0 Å². The molecule has 0 aliphatic carbocycles. The van der Waals surface area contributed by atoms with Gasteiger partial charge < -0.3 is 10.1 Å². The van der Waals surface area contributed by atoms with Crippen molar-refractivity contribution in [2.24, 2.45) is 0 Å². The van der Waals surface area contributed by atoms with Gasteiger partial charge in [-0.05, 0) is 24.3 Å². The number of halogens is 2. The second-order valence-corrected chi connectivity index (χ2v) is 6.77. The number of nitro groups is 1. The number of pyridine rings is 1. The van der Waals surface area contributed by atoms with Gasteiger partial charge in [0, 0.05) is 23.5 Å². The van der Waals surface area contributed by atoms with Gasteiger partial charge >= 0.3 is 5.97 Å². The molecule has 2 aromatic carbocycles. The lowest BCUT2D eigenvalue weighted by atomic mass is 10.1. The Morgan fingerprint density at radius 2 is 1.80 bits per heavy atom. The molecule has 10 heteroatoms. The zero-order valence-corrected chi connectivity index (χ0v) is 16.6. The zero-order chi connectivity index (χ0) is 21.7. The van der Waals surface area contributed by atoms with Crippen LogP contribution in [0.15, 0.2) is 66.9 Å². The largest absolute Gasteiger partial charge is 0.444 e. The number of hydrogen-bond acceptors (Lipinski definition) is 6. The number of hydrogen-bond donors (Lipinski definition) is 1. The first-order valence-corrected chi connectivity index (χ1v) is 9.23. The molecule has 8 nitrogen and oxygen atoms in total. The first-order chi connectivity index (χ1) is 14.3. The Morgan fingerprint density at radius 1 is 1.07 bits per heavy atom. The first kappa shape index (κ1) is 21.2. The fourth-order valence-electron chi connectivity index (χ4n) is 2.54. The number of rotatable bonds is 6. The quantitative estimate of drug-likeness (QED) is 0.251. The van der Waals surface area contributed by atoms with Crippen LogP contribution in [0, 0.1) is 10.1 Å². The highest BCUT2D eigenvalue weighted by molar-refractivity contribution is 6.32. The zero-order valence-electron chi connectivity index (χ0n) is 15.1. The average Bonchev–Trinajstić information content (AvgIpc) is 2.73. The minimum Gasteiger partial charge on any atom is -0.444 e. The van der Waals surface area contributed by atoms with E-state index in [-0.39, 0.29) is 27.1 Å². The average molecular weight is 446 g/mol. The fraction of sp³-hybridized carbons (Fsp3) is 0.0500. The van der Waals surface area contributed by atoms with Crippen LogP contribution in [-0.2, 0) is 9.53 Å². The van der Waals surface area contributed by atoms with Crippen LogP contribution in [0.1, 0.15) is 22.0 Å². The standard InChI is InChI=1S/C20H13Cl2N3O5/c21-15-7-6-14(11-16(15)25(28)29)24-19(26)18(12-4-2-1-3-5-12)30-20(27)13-8-9-23-17(22)10-13/h1-11,18H,(H,24,26). The fourth-order valence-corrected chi connectivity index (χ4v) is 2.90. The molecule has 1 atom stereocenters. The van der Waals surface area contributed by atoms with Gasteiger partial charge in [0.1, 0.15) is 10.2 Å².